The van der Waals surface area contributed by atoms with Crippen LogP contribution in [-0.2, 0) is 4.79 Å². The lowest BCUT2D eigenvalue weighted by atomic mass is 10.2. The molecule has 0 radical (unpaired) electrons. The van der Waals surface area contributed by atoms with Crippen molar-refractivity contribution in [1.29, 1.82) is 0 Å². The maximum Gasteiger partial charge on any atom is 0.254 e. The molecule has 26 heavy (non-hydrogen) atoms. The lowest BCUT2D eigenvalue weighted by molar-refractivity contribution is -0.117. The van der Waals surface area contributed by atoms with Crippen LogP contribution in [-0.4, -0.2) is 39.8 Å². The van der Waals surface area contributed by atoms with Gasteiger partial charge in [0.15, 0.2) is 5.82 Å². The van der Waals surface area contributed by atoms with Crippen LogP contribution in [0.5, 0.6) is 0 Å². The molecule has 1 heterocycles. The normalized spacial score (nSPS) is 9.96. The highest BCUT2D eigenvalue weighted by Gasteiger charge is 2.19. The third-order valence-electron chi connectivity index (χ3n) is 3.37. The number of rotatable bonds is 7. The number of hydrogen-bond donors (Lipinski definition) is 1. The van der Waals surface area contributed by atoms with E-state index in [1.807, 2.05) is 6.92 Å². The van der Waals surface area contributed by atoms with Crippen LogP contribution in [0.3, 0.4) is 0 Å². The molecule has 6 nitrogen and oxygen atoms in total. The van der Waals surface area contributed by atoms with Crippen molar-refractivity contribution in [2.75, 3.05) is 18.4 Å². The van der Waals surface area contributed by atoms with Crippen LogP contribution in [0.2, 0.25) is 0 Å². The maximum absolute atomic E-state index is 12.8. The highest BCUT2D eigenvalue weighted by Crippen LogP contribution is 2.13. The van der Waals surface area contributed by atoms with Crippen LogP contribution in [0.25, 0.3) is 0 Å². The predicted molar refractivity (Wildman–Crippen MR) is 98.1 cm³/mol. The fourth-order valence-electron chi connectivity index (χ4n) is 2.09. The van der Waals surface area contributed by atoms with E-state index in [4.69, 9.17) is 0 Å². The molecule has 0 spiro atoms. The van der Waals surface area contributed by atoms with Crippen LogP contribution in [0.15, 0.2) is 41.1 Å². The summed E-state index contributed by atoms with van der Waals surface area (Å²) >= 11 is 3.33. The average molecular weight is 429 g/mol. The van der Waals surface area contributed by atoms with Gasteiger partial charge in [0.2, 0.25) is 11.9 Å². The Balaban J connectivity index is 0.00000338. The molecule has 0 aliphatic heterocycles. The number of nitrogens with zero attached hydrogens (tertiary/aromatic N) is 3. The standard InChI is InChI=1S/C17H18BrFN4O2.FH/c1-2-3-8-23(16(25)12-4-6-13(18)7-5-12)11-15(24)22-17-20-9-14(19)10-21-17;/h4-7,9-10H,2-3,8,11H2,1H3,(H,20,21,22,24);1H. The largest absolute Gasteiger partial charge is 0.329 e. The van der Waals surface area contributed by atoms with E-state index in [0.717, 1.165) is 29.7 Å². The molecule has 1 N–H and O–H groups in total. The van der Waals surface area contributed by atoms with Gasteiger partial charge < -0.3 is 4.90 Å². The summed E-state index contributed by atoms with van der Waals surface area (Å²) in [5.74, 6) is -1.25. The van der Waals surface area contributed by atoms with Gasteiger partial charge in [-0.25, -0.2) is 14.4 Å². The highest BCUT2D eigenvalue weighted by molar-refractivity contribution is 9.10. The number of benzene rings is 1. The molecule has 0 atom stereocenters. The van der Waals surface area contributed by atoms with Gasteiger partial charge in [0.25, 0.3) is 5.91 Å². The first-order chi connectivity index (χ1) is 12.0. The Morgan fingerprint density at radius 2 is 1.81 bits per heavy atom. The first-order valence-corrected chi connectivity index (χ1v) is 8.61. The summed E-state index contributed by atoms with van der Waals surface area (Å²) in [4.78, 5) is 33.6. The molecule has 0 saturated heterocycles. The van der Waals surface area contributed by atoms with Crippen molar-refractivity contribution in [2.45, 2.75) is 19.8 Å². The number of anilines is 1. The zero-order valence-electron chi connectivity index (χ0n) is 14.1. The monoisotopic (exact) mass is 428 g/mol. The lowest BCUT2D eigenvalue weighted by Crippen LogP contribution is -2.38. The number of nitrogens with one attached hydrogen (secondary N) is 1. The van der Waals surface area contributed by atoms with E-state index in [9.17, 15) is 14.0 Å². The van der Waals surface area contributed by atoms with E-state index in [1.165, 1.54) is 4.90 Å². The molecule has 2 rings (SSSR count). The van der Waals surface area contributed by atoms with Gasteiger partial charge >= 0.3 is 0 Å². The Bertz CT molecular complexity index is 727. The number of hydrogen-bond acceptors (Lipinski definition) is 4. The predicted octanol–water partition coefficient (Wildman–Crippen LogP) is 3.41. The van der Waals surface area contributed by atoms with Gasteiger partial charge in [0.1, 0.15) is 6.54 Å². The third kappa shape index (κ3) is 6.47. The van der Waals surface area contributed by atoms with Crippen molar-refractivity contribution in [2.24, 2.45) is 0 Å². The summed E-state index contributed by atoms with van der Waals surface area (Å²) in [6.07, 6.45) is 3.60. The van der Waals surface area contributed by atoms with E-state index in [1.54, 1.807) is 24.3 Å². The molecule has 140 valence electrons. The van der Waals surface area contributed by atoms with Gasteiger partial charge in [-0.1, -0.05) is 29.3 Å². The summed E-state index contributed by atoms with van der Waals surface area (Å²) < 4.78 is 13.7. The molecule has 0 fully saturated rings. The van der Waals surface area contributed by atoms with E-state index >= 15 is 0 Å². The van der Waals surface area contributed by atoms with Crippen molar-refractivity contribution in [3.05, 3.63) is 52.5 Å². The van der Waals surface area contributed by atoms with Gasteiger partial charge in [-0.15, -0.1) is 0 Å². The SMILES string of the molecule is CCCCN(CC(=O)Nc1ncc(F)cn1)C(=O)c1ccc(Br)cc1.F. The zero-order chi connectivity index (χ0) is 18.2. The number of amides is 2. The first kappa shape index (κ1) is 21.6. The van der Waals surface area contributed by atoms with Gasteiger partial charge in [-0.2, -0.15) is 0 Å². The minimum Gasteiger partial charge on any atom is -0.329 e. The maximum atomic E-state index is 12.8. The van der Waals surface area contributed by atoms with Crippen LogP contribution >= 0.6 is 15.9 Å². The molecular weight excluding hydrogens is 410 g/mol. The summed E-state index contributed by atoms with van der Waals surface area (Å²) in [6, 6.07) is 6.95. The minimum absolute atomic E-state index is 0. The molecule has 0 unspecified atom stereocenters. The quantitative estimate of drug-likeness (QED) is 0.732. The molecule has 2 amide bonds. The van der Waals surface area contributed by atoms with Crippen LogP contribution < -0.4 is 5.32 Å². The van der Waals surface area contributed by atoms with Crippen molar-refractivity contribution in [3.63, 3.8) is 0 Å². The van der Waals surface area contributed by atoms with Crippen molar-refractivity contribution < 1.29 is 18.7 Å². The number of aromatic nitrogens is 2. The average Bonchev–Trinajstić information content (AvgIpc) is 2.60. The summed E-state index contributed by atoms with van der Waals surface area (Å²) in [5, 5.41) is 2.46. The Kier molecular flexibility index (Phi) is 8.77. The molecule has 0 saturated carbocycles. The molecule has 2 aromatic rings. The molecule has 0 aliphatic rings. The van der Waals surface area contributed by atoms with Crippen LogP contribution in [0.1, 0.15) is 30.1 Å². The Labute approximate surface area is 158 Å². The fraction of sp³-hybridized carbons (Fsp3) is 0.294. The first-order valence-electron chi connectivity index (χ1n) is 7.82. The van der Waals surface area contributed by atoms with Crippen molar-refractivity contribution >= 4 is 33.7 Å². The van der Waals surface area contributed by atoms with E-state index in [0.29, 0.717) is 12.1 Å². The van der Waals surface area contributed by atoms with E-state index in [2.05, 4.69) is 31.2 Å². The number of carbonyl (C=O) groups is 2. The van der Waals surface area contributed by atoms with Crippen molar-refractivity contribution in [3.8, 4) is 0 Å². The van der Waals surface area contributed by atoms with Crippen LogP contribution in [0.4, 0.5) is 15.0 Å². The lowest BCUT2D eigenvalue weighted by Gasteiger charge is -2.22. The summed E-state index contributed by atoms with van der Waals surface area (Å²) in [7, 11) is 0. The summed E-state index contributed by atoms with van der Waals surface area (Å²) in [6.45, 7) is 2.34. The molecule has 1 aromatic carbocycles. The second kappa shape index (κ2) is 10.5. The minimum atomic E-state index is -0.590. The topological polar surface area (TPSA) is 75.2 Å². The van der Waals surface area contributed by atoms with Gasteiger partial charge in [-0.05, 0) is 30.7 Å². The number of unbranched alkanes of at least 4 members (excludes halogenated alkanes) is 1. The summed E-state index contributed by atoms with van der Waals surface area (Å²) in [5.41, 5.74) is 0.505. The second-order valence-electron chi connectivity index (χ2n) is 5.36. The van der Waals surface area contributed by atoms with Gasteiger partial charge in [-0.3, -0.25) is 19.6 Å². The third-order valence-corrected chi connectivity index (χ3v) is 3.89. The second-order valence-corrected chi connectivity index (χ2v) is 6.28. The van der Waals surface area contributed by atoms with Gasteiger partial charge in [0.05, 0.1) is 12.4 Å². The number of halogens is 3. The van der Waals surface area contributed by atoms with Crippen LogP contribution in [0, 0.1) is 5.82 Å². The molecule has 1 aromatic heterocycles. The Morgan fingerprint density at radius 3 is 2.38 bits per heavy atom. The Hall–Kier alpha value is -2.42. The smallest absolute Gasteiger partial charge is 0.254 e. The van der Waals surface area contributed by atoms with Crippen molar-refractivity contribution in [1.82, 2.24) is 14.9 Å². The van der Waals surface area contributed by atoms with E-state index < -0.39 is 11.7 Å². The molecule has 9 heteroatoms. The highest BCUT2D eigenvalue weighted by atomic mass is 79.9. The zero-order valence-corrected chi connectivity index (χ0v) is 15.7. The van der Waals surface area contributed by atoms with E-state index in [-0.39, 0.29) is 23.1 Å². The molecule has 0 bridgehead atoms. The fourth-order valence-corrected chi connectivity index (χ4v) is 2.36. The number of carbonyl (C=O) groups excluding carboxylic acids is 2. The van der Waals surface area contributed by atoms with Gasteiger partial charge in [0, 0.05) is 16.6 Å². The molecular formula is C17H19BrF2N4O2. The Morgan fingerprint density at radius 1 is 1.19 bits per heavy atom. The molecule has 0 aliphatic carbocycles.